The van der Waals surface area contributed by atoms with Gasteiger partial charge in [0.15, 0.2) is 5.54 Å². The van der Waals surface area contributed by atoms with Crippen LogP contribution in [0.2, 0.25) is 0 Å². The molecule has 94 valence electrons. The summed E-state index contributed by atoms with van der Waals surface area (Å²) in [4.78, 5) is 11.9. The molecular weight excluding hydrogens is 218 g/mol. The van der Waals surface area contributed by atoms with Crippen LogP contribution in [0.15, 0.2) is 30.3 Å². The third-order valence-corrected chi connectivity index (χ3v) is 2.95. The minimum Gasteiger partial charge on any atom is -0.467 e. The standard InChI is InChI=1S/C13H19NO3/c1-10(16-3)13(2,12(15)17-4)14-11-8-6-5-7-9-11/h5-10,14H,1-4H3. The van der Waals surface area contributed by atoms with Crippen LogP contribution in [-0.2, 0) is 14.3 Å². The molecule has 0 aliphatic heterocycles. The Morgan fingerprint density at radius 3 is 2.35 bits per heavy atom. The number of esters is 1. The maximum absolute atomic E-state index is 11.9. The highest BCUT2D eigenvalue weighted by Gasteiger charge is 2.40. The van der Waals surface area contributed by atoms with E-state index in [1.165, 1.54) is 7.11 Å². The molecule has 0 heterocycles. The van der Waals surface area contributed by atoms with Crippen LogP contribution >= 0.6 is 0 Å². The van der Waals surface area contributed by atoms with Crippen molar-refractivity contribution < 1.29 is 14.3 Å². The van der Waals surface area contributed by atoms with Crippen LogP contribution in [0, 0.1) is 0 Å². The molecule has 0 spiro atoms. The largest absolute Gasteiger partial charge is 0.467 e. The molecule has 0 fully saturated rings. The van der Waals surface area contributed by atoms with Gasteiger partial charge in [-0.25, -0.2) is 4.79 Å². The van der Waals surface area contributed by atoms with Crippen LogP contribution in [0.5, 0.6) is 0 Å². The summed E-state index contributed by atoms with van der Waals surface area (Å²) in [6.07, 6.45) is -0.310. The average molecular weight is 237 g/mol. The van der Waals surface area contributed by atoms with E-state index < -0.39 is 5.54 Å². The molecule has 4 heteroatoms. The summed E-state index contributed by atoms with van der Waals surface area (Å²) in [7, 11) is 2.94. The molecule has 0 saturated carbocycles. The molecule has 0 aliphatic carbocycles. The molecule has 17 heavy (non-hydrogen) atoms. The molecule has 2 atom stereocenters. The van der Waals surface area contributed by atoms with Crippen LogP contribution in [0.25, 0.3) is 0 Å². The van der Waals surface area contributed by atoms with Crippen molar-refractivity contribution in [3.05, 3.63) is 30.3 Å². The molecule has 0 aliphatic rings. The van der Waals surface area contributed by atoms with Crippen molar-refractivity contribution in [3.63, 3.8) is 0 Å². The number of hydrogen-bond acceptors (Lipinski definition) is 4. The fraction of sp³-hybridized carbons (Fsp3) is 0.462. The van der Waals surface area contributed by atoms with Crippen LogP contribution < -0.4 is 5.32 Å². The highest BCUT2D eigenvalue weighted by atomic mass is 16.5. The first-order valence-electron chi connectivity index (χ1n) is 5.49. The summed E-state index contributed by atoms with van der Waals surface area (Å²) >= 11 is 0. The van der Waals surface area contributed by atoms with Gasteiger partial charge in [0.2, 0.25) is 0 Å². The van der Waals surface area contributed by atoms with Crippen molar-refractivity contribution in [2.24, 2.45) is 0 Å². The van der Waals surface area contributed by atoms with E-state index in [9.17, 15) is 4.79 Å². The van der Waals surface area contributed by atoms with Gasteiger partial charge in [0, 0.05) is 12.8 Å². The third-order valence-electron chi connectivity index (χ3n) is 2.95. The second kappa shape index (κ2) is 5.68. The van der Waals surface area contributed by atoms with Gasteiger partial charge in [-0.3, -0.25) is 0 Å². The topological polar surface area (TPSA) is 47.6 Å². The van der Waals surface area contributed by atoms with E-state index in [0.717, 1.165) is 5.69 Å². The molecule has 1 N–H and O–H groups in total. The minimum atomic E-state index is -0.912. The summed E-state index contributed by atoms with van der Waals surface area (Å²) in [5.74, 6) is -0.351. The lowest BCUT2D eigenvalue weighted by atomic mass is 9.95. The lowest BCUT2D eigenvalue weighted by Crippen LogP contribution is -2.53. The summed E-state index contributed by atoms with van der Waals surface area (Å²) < 4.78 is 10.1. The van der Waals surface area contributed by atoms with Crippen molar-refractivity contribution in [3.8, 4) is 0 Å². The summed E-state index contributed by atoms with van der Waals surface area (Å²) in [6.45, 7) is 3.59. The number of anilines is 1. The molecule has 0 amide bonds. The van der Waals surface area contributed by atoms with E-state index in [2.05, 4.69) is 5.32 Å². The van der Waals surface area contributed by atoms with E-state index in [4.69, 9.17) is 9.47 Å². The predicted octanol–water partition coefficient (Wildman–Crippen LogP) is 2.07. The number of carbonyl (C=O) groups excluding carboxylic acids is 1. The fourth-order valence-corrected chi connectivity index (χ4v) is 1.59. The Labute approximate surface area is 102 Å². The smallest absolute Gasteiger partial charge is 0.333 e. The van der Waals surface area contributed by atoms with E-state index in [-0.39, 0.29) is 12.1 Å². The maximum Gasteiger partial charge on any atom is 0.333 e. The Hall–Kier alpha value is -1.55. The first kappa shape index (κ1) is 13.5. The third kappa shape index (κ3) is 2.97. The first-order valence-corrected chi connectivity index (χ1v) is 5.49. The molecule has 0 saturated heterocycles. The Balaban J connectivity index is 2.96. The maximum atomic E-state index is 11.9. The summed E-state index contributed by atoms with van der Waals surface area (Å²) in [6, 6.07) is 9.50. The average Bonchev–Trinajstić information content (AvgIpc) is 2.37. The monoisotopic (exact) mass is 237 g/mol. The van der Waals surface area contributed by atoms with Gasteiger partial charge in [-0.2, -0.15) is 0 Å². The first-order chi connectivity index (χ1) is 8.04. The van der Waals surface area contributed by atoms with E-state index in [1.54, 1.807) is 14.0 Å². The second-order valence-corrected chi connectivity index (χ2v) is 4.06. The number of nitrogens with one attached hydrogen (secondary N) is 1. The van der Waals surface area contributed by atoms with E-state index in [1.807, 2.05) is 37.3 Å². The molecule has 0 radical (unpaired) electrons. The van der Waals surface area contributed by atoms with Gasteiger partial charge in [0.05, 0.1) is 13.2 Å². The van der Waals surface area contributed by atoms with Crippen LogP contribution in [-0.4, -0.2) is 31.8 Å². The Kier molecular flexibility index (Phi) is 4.52. The number of para-hydroxylation sites is 1. The number of ether oxygens (including phenoxy) is 2. The predicted molar refractivity (Wildman–Crippen MR) is 67.0 cm³/mol. The van der Waals surface area contributed by atoms with Gasteiger partial charge in [-0.05, 0) is 26.0 Å². The zero-order valence-corrected chi connectivity index (χ0v) is 10.7. The Morgan fingerprint density at radius 2 is 1.88 bits per heavy atom. The number of methoxy groups -OCH3 is 2. The lowest BCUT2D eigenvalue weighted by molar-refractivity contribution is -0.149. The number of benzene rings is 1. The van der Waals surface area contributed by atoms with Gasteiger partial charge in [0.1, 0.15) is 0 Å². The zero-order chi connectivity index (χ0) is 12.9. The molecule has 0 bridgehead atoms. The lowest BCUT2D eigenvalue weighted by Gasteiger charge is -2.33. The SMILES string of the molecule is COC(=O)C(C)(Nc1ccccc1)C(C)OC. The summed E-state index contributed by atoms with van der Waals surface area (Å²) in [5.41, 5.74) is -0.0606. The summed E-state index contributed by atoms with van der Waals surface area (Å²) in [5, 5.41) is 3.16. The molecular formula is C13H19NO3. The van der Waals surface area contributed by atoms with Gasteiger partial charge < -0.3 is 14.8 Å². The Bertz CT molecular complexity index is 366. The highest BCUT2D eigenvalue weighted by molar-refractivity contribution is 5.84. The van der Waals surface area contributed by atoms with Crippen molar-refractivity contribution in [1.29, 1.82) is 0 Å². The molecule has 4 nitrogen and oxygen atoms in total. The fourth-order valence-electron chi connectivity index (χ4n) is 1.59. The second-order valence-electron chi connectivity index (χ2n) is 4.06. The van der Waals surface area contributed by atoms with E-state index in [0.29, 0.717) is 0 Å². The van der Waals surface area contributed by atoms with Crippen LogP contribution in [0.3, 0.4) is 0 Å². The molecule has 1 aromatic carbocycles. The minimum absolute atomic E-state index is 0.310. The Morgan fingerprint density at radius 1 is 1.29 bits per heavy atom. The van der Waals surface area contributed by atoms with Gasteiger partial charge in [-0.1, -0.05) is 18.2 Å². The van der Waals surface area contributed by atoms with E-state index >= 15 is 0 Å². The van der Waals surface area contributed by atoms with Crippen LogP contribution in [0.4, 0.5) is 5.69 Å². The molecule has 1 rings (SSSR count). The van der Waals surface area contributed by atoms with Crippen molar-refractivity contribution in [2.75, 3.05) is 19.5 Å². The van der Waals surface area contributed by atoms with Crippen molar-refractivity contribution in [1.82, 2.24) is 0 Å². The number of carbonyl (C=O) groups is 1. The molecule has 1 aromatic rings. The molecule has 2 unspecified atom stereocenters. The van der Waals surface area contributed by atoms with Crippen molar-refractivity contribution in [2.45, 2.75) is 25.5 Å². The normalized spacial score (nSPS) is 15.8. The quantitative estimate of drug-likeness (QED) is 0.796. The number of rotatable bonds is 5. The van der Waals surface area contributed by atoms with Gasteiger partial charge >= 0.3 is 5.97 Å². The van der Waals surface area contributed by atoms with Gasteiger partial charge in [-0.15, -0.1) is 0 Å². The number of hydrogen-bond donors (Lipinski definition) is 1. The van der Waals surface area contributed by atoms with Crippen molar-refractivity contribution >= 4 is 11.7 Å². The molecule has 0 aromatic heterocycles. The highest BCUT2D eigenvalue weighted by Crippen LogP contribution is 2.21. The van der Waals surface area contributed by atoms with Crippen LogP contribution in [0.1, 0.15) is 13.8 Å². The van der Waals surface area contributed by atoms with Gasteiger partial charge in [0.25, 0.3) is 0 Å². The zero-order valence-electron chi connectivity index (χ0n) is 10.7.